The smallest absolute Gasteiger partial charge is 0.224 e. The third kappa shape index (κ3) is 5.74. The summed E-state index contributed by atoms with van der Waals surface area (Å²) in [6, 6.07) is 3.41. The Morgan fingerprint density at radius 2 is 1.15 bits per heavy atom. The van der Waals surface area contributed by atoms with Crippen LogP contribution >= 0.6 is 23.2 Å². The van der Waals surface area contributed by atoms with Crippen molar-refractivity contribution in [1.82, 2.24) is 19.9 Å². The van der Waals surface area contributed by atoms with E-state index in [-0.39, 0.29) is 22.4 Å². The number of nitrogens with one attached hydrogen (secondary N) is 2. The number of hydrogen-bond acceptors (Lipinski definition) is 8. The summed E-state index contributed by atoms with van der Waals surface area (Å²) in [4.78, 5) is 24.1. The van der Waals surface area contributed by atoms with Gasteiger partial charge in [-0.2, -0.15) is 0 Å². The third-order valence-electron chi connectivity index (χ3n) is 5.65. The number of alkyl halides is 2. The van der Waals surface area contributed by atoms with Crippen molar-refractivity contribution in [2.24, 2.45) is 21.8 Å². The molecule has 4 heterocycles. The van der Waals surface area contributed by atoms with E-state index < -0.39 is 12.3 Å². The van der Waals surface area contributed by atoms with Crippen LogP contribution in [-0.2, 0) is 0 Å². The fourth-order valence-corrected chi connectivity index (χ4v) is 3.95. The minimum atomic E-state index is -0.677. The van der Waals surface area contributed by atoms with E-state index in [0.29, 0.717) is 49.2 Å². The van der Waals surface area contributed by atoms with Gasteiger partial charge in [-0.1, -0.05) is 0 Å². The largest absolute Gasteiger partial charge is 0.325 e. The first-order chi connectivity index (χ1) is 16.4. The number of amidine groups is 2. The van der Waals surface area contributed by atoms with Gasteiger partial charge in [0.25, 0.3) is 0 Å². The second kappa shape index (κ2) is 9.71. The molecule has 2 aliphatic carbocycles. The summed E-state index contributed by atoms with van der Waals surface area (Å²) in [6.07, 6.45) is 6.82. The Bertz CT molecular complexity index is 1120. The van der Waals surface area contributed by atoms with Gasteiger partial charge in [0.2, 0.25) is 10.6 Å². The zero-order chi connectivity index (χ0) is 23.7. The molecule has 2 N–H and O–H groups in total. The Morgan fingerprint density at radius 1 is 0.735 bits per heavy atom. The fraction of sp³-hybridized carbons (Fsp3) is 0.364. The van der Waals surface area contributed by atoms with Crippen molar-refractivity contribution < 1.29 is 8.78 Å². The maximum atomic E-state index is 12.9. The molecule has 8 nitrogen and oxygen atoms in total. The van der Waals surface area contributed by atoms with Gasteiger partial charge in [-0.25, -0.2) is 28.7 Å². The van der Waals surface area contributed by atoms with Gasteiger partial charge in [-0.3, -0.25) is 9.98 Å². The van der Waals surface area contributed by atoms with E-state index in [1.165, 1.54) is 0 Å². The Labute approximate surface area is 204 Å². The lowest BCUT2D eigenvalue weighted by Crippen LogP contribution is -2.08. The second-order valence-corrected chi connectivity index (χ2v) is 8.91. The number of halogens is 4. The number of hydrogen-bond donors (Lipinski definition) is 2. The molecule has 6 rings (SSSR count). The first-order valence-electron chi connectivity index (χ1n) is 10.7. The molecule has 2 aromatic heterocycles. The Balaban J connectivity index is 0.000000142. The van der Waals surface area contributed by atoms with E-state index in [0.717, 1.165) is 11.1 Å². The van der Waals surface area contributed by atoms with E-state index in [9.17, 15) is 8.78 Å². The van der Waals surface area contributed by atoms with Crippen LogP contribution in [0.1, 0.15) is 12.8 Å². The fourth-order valence-electron chi connectivity index (χ4n) is 3.65. The predicted molar refractivity (Wildman–Crippen MR) is 128 cm³/mol. The molecule has 0 radical (unpaired) electrons. The minimum Gasteiger partial charge on any atom is -0.325 e. The van der Waals surface area contributed by atoms with Crippen molar-refractivity contribution in [3.05, 3.63) is 58.4 Å². The Hall–Kier alpha value is -2.98. The number of aromatic nitrogens is 4. The second-order valence-electron chi connectivity index (χ2n) is 8.23. The average molecular weight is 505 g/mol. The number of nitrogens with zero attached hydrogens (tertiary/aromatic N) is 6. The van der Waals surface area contributed by atoms with Crippen LogP contribution in [0.3, 0.4) is 0 Å². The maximum Gasteiger partial charge on any atom is 0.224 e. The zero-order valence-corrected chi connectivity index (χ0v) is 19.3. The topological polar surface area (TPSA) is 100 Å². The van der Waals surface area contributed by atoms with Crippen LogP contribution in [0.15, 0.2) is 57.8 Å². The third-order valence-corrected chi connectivity index (χ3v) is 6.01. The Kier molecular flexibility index (Phi) is 6.51. The molecule has 2 aliphatic heterocycles. The lowest BCUT2D eigenvalue weighted by Gasteiger charge is -2.02. The highest BCUT2D eigenvalue weighted by atomic mass is 35.5. The van der Waals surface area contributed by atoms with Gasteiger partial charge in [0.1, 0.15) is 35.7 Å². The number of anilines is 2. The lowest BCUT2D eigenvalue weighted by atomic mass is 10.2. The molecule has 0 amide bonds. The maximum absolute atomic E-state index is 12.9. The summed E-state index contributed by atoms with van der Waals surface area (Å²) in [5.41, 5.74) is 2.11. The highest BCUT2D eigenvalue weighted by molar-refractivity contribution is 6.28. The molecule has 4 atom stereocenters. The van der Waals surface area contributed by atoms with Gasteiger partial charge >= 0.3 is 0 Å². The molecule has 12 heteroatoms. The minimum absolute atomic E-state index is 0.0760. The monoisotopic (exact) mass is 504 g/mol. The molecule has 2 fully saturated rings. The predicted octanol–water partition coefficient (Wildman–Crippen LogP) is 4.48. The summed E-state index contributed by atoms with van der Waals surface area (Å²) in [5, 5.41) is 6.42. The van der Waals surface area contributed by atoms with Crippen LogP contribution in [0, 0.1) is 11.8 Å². The van der Waals surface area contributed by atoms with Crippen molar-refractivity contribution in [2.45, 2.75) is 25.2 Å². The zero-order valence-electron chi connectivity index (χ0n) is 17.8. The van der Waals surface area contributed by atoms with Crippen molar-refractivity contribution >= 4 is 46.5 Å². The molecule has 34 heavy (non-hydrogen) atoms. The van der Waals surface area contributed by atoms with Crippen LogP contribution in [0.2, 0.25) is 10.6 Å². The van der Waals surface area contributed by atoms with Gasteiger partial charge in [-0.05, 0) is 71.5 Å². The van der Waals surface area contributed by atoms with Crippen molar-refractivity contribution in [1.29, 1.82) is 0 Å². The molecule has 2 saturated carbocycles. The van der Waals surface area contributed by atoms with Gasteiger partial charge in [0.15, 0.2) is 0 Å². The summed E-state index contributed by atoms with van der Waals surface area (Å²) >= 11 is 11.3. The van der Waals surface area contributed by atoms with Crippen molar-refractivity contribution in [3.8, 4) is 0 Å². The number of aliphatic imine (C=N–C) groups is 2. The quantitative estimate of drug-likeness (QED) is 0.595. The highest BCUT2D eigenvalue weighted by Crippen LogP contribution is 2.42. The van der Waals surface area contributed by atoms with Crippen LogP contribution in [-0.4, -0.2) is 57.0 Å². The van der Waals surface area contributed by atoms with Gasteiger partial charge in [0.05, 0.1) is 13.1 Å². The molecular formula is C22H20Cl2F2N8. The standard InChI is InChI=1S/2C11H10ClFN4/c2*12-11-14-2-1-9(17-11)16-10-3-6(5-15-10)7-4-8(7)13/h2*1-3,7-8H,4-5H2,(H,14,15,16,17)/t2*7-,8+/m10/s1. The lowest BCUT2D eigenvalue weighted by molar-refractivity contribution is 0.458. The number of rotatable bonds is 4. The van der Waals surface area contributed by atoms with Gasteiger partial charge in [-0.15, -0.1) is 0 Å². The SMILES string of the molecule is F[C@@H]1C[C@H]1C1=CC(Nc2ccnc(Cl)n2)=NC1.F[C@H]1C[C@@H]1C1=CC(Nc2ccnc(Cl)n2)=NC1. The Morgan fingerprint density at radius 3 is 1.50 bits per heavy atom. The molecule has 176 valence electrons. The van der Waals surface area contributed by atoms with Crippen LogP contribution < -0.4 is 10.6 Å². The molecule has 2 aromatic rings. The summed E-state index contributed by atoms with van der Waals surface area (Å²) in [7, 11) is 0. The molecule has 0 bridgehead atoms. The average Bonchev–Trinajstić information content (AvgIpc) is 3.57. The van der Waals surface area contributed by atoms with Crippen LogP contribution in [0.25, 0.3) is 0 Å². The summed E-state index contributed by atoms with van der Waals surface area (Å²) in [6.45, 7) is 1.15. The van der Waals surface area contributed by atoms with E-state index in [1.54, 1.807) is 24.5 Å². The van der Waals surface area contributed by atoms with E-state index in [4.69, 9.17) is 23.2 Å². The van der Waals surface area contributed by atoms with Crippen molar-refractivity contribution in [2.75, 3.05) is 23.7 Å². The molecular weight excluding hydrogens is 485 g/mol. The first-order valence-corrected chi connectivity index (χ1v) is 11.5. The normalized spacial score (nSPS) is 26.5. The molecule has 0 saturated heterocycles. The van der Waals surface area contributed by atoms with Gasteiger partial charge < -0.3 is 10.6 Å². The summed E-state index contributed by atoms with van der Waals surface area (Å²) in [5.74, 6) is 2.74. The van der Waals surface area contributed by atoms with E-state index in [2.05, 4.69) is 40.6 Å². The molecule has 4 aliphatic rings. The highest BCUT2D eigenvalue weighted by Gasteiger charge is 2.41. The summed E-state index contributed by atoms with van der Waals surface area (Å²) < 4.78 is 25.8. The van der Waals surface area contributed by atoms with E-state index in [1.807, 2.05) is 12.2 Å². The van der Waals surface area contributed by atoms with Crippen LogP contribution in [0.4, 0.5) is 20.4 Å². The van der Waals surface area contributed by atoms with Crippen molar-refractivity contribution in [3.63, 3.8) is 0 Å². The van der Waals surface area contributed by atoms with E-state index >= 15 is 0 Å². The molecule has 0 aromatic carbocycles. The molecule has 0 spiro atoms. The van der Waals surface area contributed by atoms with Gasteiger partial charge in [0, 0.05) is 24.2 Å². The van der Waals surface area contributed by atoms with Crippen LogP contribution in [0.5, 0.6) is 0 Å². The first kappa shape index (κ1) is 22.8. The molecule has 0 unspecified atom stereocenters.